The Hall–Kier alpha value is -1.36. The van der Waals surface area contributed by atoms with Crippen LogP contribution in [-0.4, -0.2) is 32.3 Å². The zero-order valence-electron chi connectivity index (χ0n) is 16.2. The Morgan fingerprint density at radius 1 is 0.962 bits per heavy atom. The molecule has 0 radical (unpaired) electrons. The van der Waals surface area contributed by atoms with Gasteiger partial charge in [-0.15, -0.1) is 11.8 Å². The van der Waals surface area contributed by atoms with E-state index in [9.17, 15) is 0 Å². The summed E-state index contributed by atoms with van der Waals surface area (Å²) in [6, 6.07) is 21.7. The lowest BCUT2D eigenvalue weighted by Crippen LogP contribution is -2.68. The van der Waals surface area contributed by atoms with E-state index in [4.69, 9.17) is 9.42 Å². The van der Waals surface area contributed by atoms with Crippen LogP contribution < -0.4 is 10.4 Å². The second kappa shape index (κ2) is 8.11. The van der Waals surface area contributed by atoms with E-state index in [1.807, 2.05) is 0 Å². The molecule has 0 spiro atoms. The Balaban J connectivity index is 2.08. The number of thioether (sulfide) groups is 1. The van der Waals surface area contributed by atoms with Crippen molar-refractivity contribution in [2.75, 3.05) is 12.8 Å². The molecule has 26 heavy (non-hydrogen) atoms. The number of hydrogen-bond acceptors (Lipinski definition) is 3. The molecule has 0 aromatic heterocycles. The summed E-state index contributed by atoms with van der Waals surface area (Å²) in [5, 5.41) is 3.98. The molecule has 1 heterocycles. The van der Waals surface area contributed by atoms with E-state index in [1.165, 1.54) is 15.4 Å². The van der Waals surface area contributed by atoms with Crippen molar-refractivity contribution in [3.05, 3.63) is 60.7 Å². The molecule has 2 nitrogen and oxygen atoms in total. The molecule has 1 atom stereocenters. The fourth-order valence-electron chi connectivity index (χ4n) is 3.86. The van der Waals surface area contributed by atoms with Crippen LogP contribution in [0.15, 0.2) is 65.7 Å². The predicted octanol–water partition coefficient (Wildman–Crippen LogP) is 4.49. The van der Waals surface area contributed by atoms with Crippen LogP contribution in [0.25, 0.3) is 0 Å². The molecular formula is C22H29NOSSi. The summed E-state index contributed by atoms with van der Waals surface area (Å²) >= 11 is 1.77. The Bertz CT molecular complexity index is 700. The first-order valence-electron chi connectivity index (χ1n) is 9.33. The molecule has 0 saturated carbocycles. The van der Waals surface area contributed by atoms with Crippen molar-refractivity contribution in [1.82, 2.24) is 0 Å². The maximum Gasteiger partial charge on any atom is 0.261 e. The van der Waals surface area contributed by atoms with Gasteiger partial charge in [-0.05, 0) is 34.5 Å². The van der Waals surface area contributed by atoms with Crippen LogP contribution >= 0.6 is 11.8 Å². The highest BCUT2D eigenvalue weighted by atomic mass is 32.2. The third-order valence-corrected chi connectivity index (χ3v) is 11.0. The van der Waals surface area contributed by atoms with Crippen LogP contribution in [-0.2, 0) is 4.43 Å². The van der Waals surface area contributed by atoms with E-state index in [2.05, 4.69) is 87.7 Å². The van der Waals surface area contributed by atoms with Gasteiger partial charge in [0.25, 0.3) is 8.32 Å². The lowest BCUT2D eigenvalue weighted by molar-refractivity contribution is 0.184. The molecule has 2 aromatic carbocycles. The normalized spacial score (nSPS) is 18.5. The summed E-state index contributed by atoms with van der Waals surface area (Å²) in [6.07, 6.45) is 4.40. The van der Waals surface area contributed by atoms with Crippen LogP contribution in [0, 0.1) is 0 Å². The molecule has 0 N–H and O–H groups in total. The van der Waals surface area contributed by atoms with Gasteiger partial charge in [0.1, 0.15) is 0 Å². The highest BCUT2D eigenvalue weighted by Gasteiger charge is 2.51. The maximum absolute atomic E-state index is 7.13. The van der Waals surface area contributed by atoms with Gasteiger partial charge < -0.3 is 4.43 Å². The van der Waals surface area contributed by atoms with Gasteiger partial charge in [0, 0.05) is 0 Å². The smallest absolute Gasteiger partial charge is 0.261 e. The van der Waals surface area contributed by atoms with Crippen LogP contribution in [0.2, 0.25) is 5.04 Å². The monoisotopic (exact) mass is 383 g/mol. The topological polar surface area (TPSA) is 21.6 Å². The SMILES string of the molecule is CSC1=NC[C@@H](O[Si](c2ccccc2)(c2ccccc2)C(C)(C)C)CC1. The number of nitrogens with zero attached hydrogens (tertiary/aromatic N) is 1. The lowest BCUT2D eigenvalue weighted by atomic mass is 10.2. The summed E-state index contributed by atoms with van der Waals surface area (Å²) in [5.74, 6) is 0. The van der Waals surface area contributed by atoms with E-state index in [0.717, 1.165) is 19.4 Å². The molecule has 0 unspecified atom stereocenters. The first-order valence-corrected chi connectivity index (χ1v) is 12.5. The van der Waals surface area contributed by atoms with Crippen LogP contribution in [0.5, 0.6) is 0 Å². The molecule has 0 amide bonds. The molecule has 1 aliphatic heterocycles. The van der Waals surface area contributed by atoms with E-state index < -0.39 is 8.32 Å². The van der Waals surface area contributed by atoms with Gasteiger partial charge in [-0.3, -0.25) is 4.99 Å². The van der Waals surface area contributed by atoms with Gasteiger partial charge in [0.15, 0.2) is 0 Å². The Labute approximate surface area is 163 Å². The average Bonchev–Trinajstić information content (AvgIpc) is 2.67. The second-order valence-corrected chi connectivity index (χ2v) is 13.0. The van der Waals surface area contributed by atoms with E-state index in [1.54, 1.807) is 11.8 Å². The first kappa shape index (κ1) is 19.4. The fourth-order valence-corrected chi connectivity index (χ4v) is 9.10. The summed E-state index contributed by atoms with van der Waals surface area (Å²) in [7, 11) is -2.44. The average molecular weight is 384 g/mol. The van der Waals surface area contributed by atoms with Crippen molar-refractivity contribution >= 4 is 35.5 Å². The van der Waals surface area contributed by atoms with Crippen molar-refractivity contribution < 1.29 is 4.43 Å². The Kier molecular flexibility index (Phi) is 6.05. The summed E-state index contributed by atoms with van der Waals surface area (Å²) < 4.78 is 7.13. The minimum atomic E-state index is -2.44. The van der Waals surface area contributed by atoms with Gasteiger partial charge in [0.05, 0.1) is 17.7 Å². The molecule has 3 rings (SSSR count). The number of rotatable bonds is 4. The standard InChI is InChI=1S/C22H29NOSSi/c1-22(2,3)26(19-11-7-5-8-12-19,20-13-9-6-10-14-20)24-18-15-16-21(25-4)23-17-18/h5-14,18H,15-17H2,1-4H3/t18-/m0/s1. The summed E-state index contributed by atoms with van der Waals surface area (Å²) in [4.78, 5) is 4.76. The third kappa shape index (κ3) is 3.82. The zero-order chi connectivity index (χ0) is 18.6. The molecule has 1 aliphatic rings. The molecule has 138 valence electrons. The Morgan fingerprint density at radius 2 is 1.50 bits per heavy atom. The van der Waals surface area contributed by atoms with Crippen molar-refractivity contribution in [3.8, 4) is 0 Å². The van der Waals surface area contributed by atoms with E-state index in [0.29, 0.717) is 0 Å². The quantitative estimate of drug-likeness (QED) is 0.726. The second-order valence-electron chi connectivity index (χ2n) is 7.88. The molecule has 4 heteroatoms. The fraction of sp³-hybridized carbons (Fsp3) is 0.409. The Morgan fingerprint density at radius 3 is 1.88 bits per heavy atom. The molecule has 0 fully saturated rings. The summed E-state index contributed by atoms with van der Waals surface area (Å²) in [6.45, 7) is 7.77. The van der Waals surface area contributed by atoms with E-state index in [-0.39, 0.29) is 11.1 Å². The van der Waals surface area contributed by atoms with Crippen molar-refractivity contribution in [2.45, 2.75) is 44.8 Å². The van der Waals surface area contributed by atoms with Crippen molar-refractivity contribution in [1.29, 1.82) is 0 Å². The zero-order valence-corrected chi connectivity index (χ0v) is 18.1. The number of aliphatic imine (C=N–C) groups is 1. The van der Waals surface area contributed by atoms with Gasteiger partial charge in [-0.1, -0.05) is 81.4 Å². The van der Waals surface area contributed by atoms with Crippen molar-refractivity contribution in [2.24, 2.45) is 4.99 Å². The van der Waals surface area contributed by atoms with Gasteiger partial charge in [-0.2, -0.15) is 0 Å². The predicted molar refractivity (Wildman–Crippen MR) is 118 cm³/mol. The van der Waals surface area contributed by atoms with Crippen molar-refractivity contribution in [3.63, 3.8) is 0 Å². The lowest BCUT2D eigenvalue weighted by Gasteiger charge is -2.45. The minimum absolute atomic E-state index is 0.0270. The number of benzene rings is 2. The first-order chi connectivity index (χ1) is 12.5. The third-order valence-electron chi connectivity index (χ3n) is 5.15. The summed E-state index contributed by atoms with van der Waals surface area (Å²) in [5.41, 5.74) is 0. The highest BCUT2D eigenvalue weighted by molar-refractivity contribution is 8.13. The largest absolute Gasteiger partial charge is 0.403 e. The van der Waals surface area contributed by atoms with Gasteiger partial charge in [-0.25, -0.2) is 0 Å². The van der Waals surface area contributed by atoms with Crippen LogP contribution in [0.3, 0.4) is 0 Å². The minimum Gasteiger partial charge on any atom is -0.403 e. The maximum atomic E-state index is 7.13. The van der Waals surface area contributed by atoms with Gasteiger partial charge >= 0.3 is 0 Å². The van der Waals surface area contributed by atoms with E-state index >= 15 is 0 Å². The van der Waals surface area contributed by atoms with Gasteiger partial charge in [0.2, 0.25) is 0 Å². The highest BCUT2D eigenvalue weighted by Crippen LogP contribution is 2.38. The molecule has 0 bridgehead atoms. The molecular weight excluding hydrogens is 354 g/mol. The van der Waals surface area contributed by atoms with Crippen LogP contribution in [0.4, 0.5) is 0 Å². The van der Waals surface area contributed by atoms with Crippen LogP contribution in [0.1, 0.15) is 33.6 Å². The molecule has 0 saturated heterocycles. The molecule has 2 aromatic rings. The molecule has 0 aliphatic carbocycles. The number of hydrogen-bond donors (Lipinski definition) is 0.